The molecule has 128 valence electrons. The van der Waals surface area contributed by atoms with Crippen LogP contribution in [0.3, 0.4) is 0 Å². The molecule has 1 aliphatic heterocycles. The van der Waals surface area contributed by atoms with Gasteiger partial charge in [-0.05, 0) is 56.5 Å². The van der Waals surface area contributed by atoms with Crippen LogP contribution in [0.4, 0.5) is 5.82 Å². The van der Waals surface area contributed by atoms with E-state index in [1.807, 2.05) is 25.1 Å². The highest BCUT2D eigenvalue weighted by Gasteiger charge is 2.27. The maximum Gasteiger partial charge on any atom is 0.310 e. The zero-order valence-corrected chi connectivity index (χ0v) is 14.5. The van der Waals surface area contributed by atoms with Gasteiger partial charge < -0.3 is 14.4 Å². The first kappa shape index (κ1) is 16.6. The van der Waals surface area contributed by atoms with Crippen molar-refractivity contribution in [1.29, 1.82) is 0 Å². The van der Waals surface area contributed by atoms with Gasteiger partial charge in [-0.25, -0.2) is 4.98 Å². The number of hydrogen-bond acceptors (Lipinski definition) is 5. The van der Waals surface area contributed by atoms with Gasteiger partial charge in [-0.1, -0.05) is 0 Å². The van der Waals surface area contributed by atoms with Crippen molar-refractivity contribution in [2.24, 2.45) is 5.92 Å². The predicted octanol–water partition coefficient (Wildman–Crippen LogP) is 3.33. The molecular weight excluding hydrogens is 304 g/mol. The average molecular weight is 328 g/mol. The second-order valence-corrected chi connectivity index (χ2v) is 6.22. The Morgan fingerprint density at radius 2 is 2.21 bits per heavy atom. The van der Waals surface area contributed by atoms with Gasteiger partial charge in [0.05, 0.1) is 25.2 Å². The maximum atomic E-state index is 12.0. The first-order valence-electron chi connectivity index (χ1n) is 8.49. The number of anilines is 1. The van der Waals surface area contributed by atoms with Gasteiger partial charge in [0.15, 0.2) is 0 Å². The molecule has 1 fully saturated rings. The third-order valence-corrected chi connectivity index (χ3v) is 4.57. The van der Waals surface area contributed by atoms with Crippen molar-refractivity contribution in [3.05, 3.63) is 29.8 Å². The zero-order chi connectivity index (χ0) is 17.1. The molecule has 0 amide bonds. The minimum absolute atomic E-state index is 0.0626. The second kappa shape index (κ2) is 7.07. The second-order valence-electron chi connectivity index (χ2n) is 6.22. The summed E-state index contributed by atoms with van der Waals surface area (Å²) in [6.45, 7) is 5.96. The average Bonchev–Trinajstić information content (AvgIpc) is 2.61. The van der Waals surface area contributed by atoms with E-state index in [1.165, 1.54) is 0 Å². The summed E-state index contributed by atoms with van der Waals surface area (Å²) < 4.78 is 10.5. The molecule has 1 atom stereocenters. The fraction of sp³-hybridized carbons (Fsp3) is 0.474. The molecule has 0 saturated carbocycles. The molecule has 5 nitrogen and oxygen atoms in total. The normalized spacial score (nSPS) is 17.8. The van der Waals surface area contributed by atoms with E-state index >= 15 is 0 Å². The molecule has 0 spiro atoms. The molecule has 0 aliphatic carbocycles. The van der Waals surface area contributed by atoms with Crippen LogP contribution >= 0.6 is 0 Å². The number of aromatic nitrogens is 1. The van der Waals surface area contributed by atoms with Crippen LogP contribution in [0.5, 0.6) is 5.75 Å². The van der Waals surface area contributed by atoms with Crippen molar-refractivity contribution in [1.82, 2.24) is 4.98 Å². The zero-order valence-electron chi connectivity index (χ0n) is 14.5. The number of pyridine rings is 1. The van der Waals surface area contributed by atoms with Crippen molar-refractivity contribution < 1.29 is 14.3 Å². The molecule has 2 heterocycles. The quantitative estimate of drug-likeness (QED) is 0.806. The van der Waals surface area contributed by atoms with Gasteiger partial charge in [0, 0.05) is 18.5 Å². The molecule has 0 N–H and O–H groups in total. The molecule has 0 radical (unpaired) electrons. The van der Waals surface area contributed by atoms with Gasteiger partial charge in [0.1, 0.15) is 11.6 Å². The molecule has 5 heteroatoms. The maximum absolute atomic E-state index is 12.0. The topological polar surface area (TPSA) is 51.7 Å². The first-order valence-corrected chi connectivity index (χ1v) is 8.49. The molecule has 3 rings (SSSR count). The number of fused-ring (bicyclic) bond motifs is 1. The fourth-order valence-corrected chi connectivity index (χ4v) is 3.28. The van der Waals surface area contributed by atoms with E-state index in [1.54, 1.807) is 7.11 Å². The van der Waals surface area contributed by atoms with Crippen molar-refractivity contribution in [3.63, 3.8) is 0 Å². The highest BCUT2D eigenvalue weighted by molar-refractivity contribution is 5.85. The summed E-state index contributed by atoms with van der Waals surface area (Å²) in [5, 5.41) is 1.09. The van der Waals surface area contributed by atoms with E-state index in [0.29, 0.717) is 13.2 Å². The molecular formula is C19H24N2O3. The SMILES string of the molecule is CCOC(=O)[C@@H]1CCCN(c2cc(C)c3cc(OC)ccc3n2)C1. The Morgan fingerprint density at radius 3 is 2.96 bits per heavy atom. The molecule has 1 aromatic heterocycles. The number of benzene rings is 1. The van der Waals surface area contributed by atoms with E-state index < -0.39 is 0 Å². The lowest BCUT2D eigenvalue weighted by atomic mass is 9.98. The fourth-order valence-electron chi connectivity index (χ4n) is 3.28. The monoisotopic (exact) mass is 328 g/mol. The lowest BCUT2D eigenvalue weighted by molar-refractivity contribution is -0.148. The summed E-state index contributed by atoms with van der Waals surface area (Å²) in [5.41, 5.74) is 2.11. The van der Waals surface area contributed by atoms with Gasteiger partial charge in [-0.3, -0.25) is 4.79 Å². The Balaban J connectivity index is 1.87. The predicted molar refractivity (Wildman–Crippen MR) is 94.6 cm³/mol. The van der Waals surface area contributed by atoms with Gasteiger partial charge >= 0.3 is 5.97 Å². The number of esters is 1. The number of methoxy groups -OCH3 is 1. The van der Waals surface area contributed by atoms with Crippen LogP contribution in [-0.2, 0) is 9.53 Å². The van der Waals surface area contributed by atoms with E-state index in [9.17, 15) is 4.79 Å². The number of nitrogens with zero attached hydrogens (tertiary/aromatic N) is 2. The lowest BCUT2D eigenvalue weighted by Crippen LogP contribution is -2.39. The van der Waals surface area contributed by atoms with Crippen LogP contribution in [0.25, 0.3) is 10.9 Å². The Morgan fingerprint density at radius 1 is 1.38 bits per heavy atom. The van der Waals surface area contributed by atoms with Gasteiger partial charge in [-0.15, -0.1) is 0 Å². The van der Waals surface area contributed by atoms with E-state index in [-0.39, 0.29) is 11.9 Å². The van der Waals surface area contributed by atoms with Gasteiger partial charge in [-0.2, -0.15) is 0 Å². The summed E-state index contributed by atoms with van der Waals surface area (Å²) in [7, 11) is 1.67. The number of carbonyl (C=O) groups is 1. The van der Waals surface area contributed by atoms with Crippen molar-refractivity contribution in [2.75, 3.05) is 31.7 Å². The van der Waals surface area contributed by atoms with Gasteiger partial charge in [0.25, 0.3) is 0 Å². The third kappa shape index (κ3) is 3.30. The van der Waals surface area contributed by atoms with Crippen LogP contribution in [0.1, 0.15) is 25.3 Å². The minimum Gasteiger partial charge on any atom is -0.497 e. The number of aryl methyl sites for hydroxylation is 1. The number of hydrogen-bond donors (Lipinski definition) is 0. The van der Waals surface area contributed by atoms with Crippen molar-refractivity contribution in [2.45, 2.75) is 26.7 Å². The van der Waals surface area contributed by atoms with Gasteiger partial charge in [0.2, 0.25) is 0 Å². The third-order valence-electron chi connectivity index (χ3n) is 4.57. The van der Waals surface area contributed by atoms with Crippen LogP contribution in [0.2, 0.25) is 0 Å². The number of rotatable bonds is 4. The van der Waals surface area contributed by atoms with Crippen LogP contribution < -0.4 is 9.64 Å². The standard InChI is InChI=1S/C19H24N2O3/c1-4-24-19(22)14-6-5-9-21(12-14)18-10-13(2)16-11-15(23-3)7-8-17(16)20-18/h7-8,10-11,14H,4-6,9,12H2,1-3H3/t14-/m1/s1. The summed E-state index contributed by atoms with van der Waals surface area (Å²) >= 11 is 0. The number of piperidine rings is 1. The minimum atomic E-state index is -0.0931. The lowest BCUT2D eigenvalue weighted by Gasteiger charge is -2.32. The Bertz CT molecular complexity index is 745. The molecule has 1 aromatic carbocycles. The smallest absolute Gasteiger partial charge is 0.310 e. The molecule has 2 aromatic rings. The molecule has 1 saturated heterocycles. The Labute approximate surface area is 142 Å². The highest BCUT2D eigenvalue weighted by Crippen LogP contribution is 2.28. The Hall–Kier alpha value is -2.30. The van der Waals surface area contributed by atoms with Crippen molar-refractivity contribution >= 4 is 22.7 Å². The molecule has 1 aliphatic rings. The summed E-state index contributed by atoms with van der Waals surface area (Å²) in [4.78, 5) is 19.0. The number of carbonyl (C=O) groups excluding carboxylic acids is 1. The molecule has 0 unspecified atom stereocenters. The Kier molecular flexibility index (Phi) is 4.88. The van der Waals surface area contributed by atoms with Crippen LogP contribution in [0.15, 0.2) is 24.3 Å². The van der Waals surface area contributed by atoms with Crippen molar-refractivity contribution in [3.8, 4) is 5.75 Å². The summed E-state index contributed by atoms with van der Waals surface area (Å²) in [6.07, 6.45) is 1.87. The van der Waals surface area contributed by atoms with E-state index in [0.717, 1.165) is 47.4 Å². The van der Waals surface area contributed by atoms with E-state index in [2.05, 4.69) is 17.9 Å². The highest BCUT2D eigenvalue weighted by atomic mass is 16.5. The van der Waals surface area contributed by atoms with Crippen LogP contribution in [0, 0.1) is 12.8 Å². The molecule has 24 heavy (non-hydrogen) atoms. The number of ether oxygens (including phenoxy) is 2. The van der Waals surface area contributed by atoms with E-state index in [4.69, 9.17) is 14.5 Å². The summed E-state index contributed by atoms with van der Waals surface area (Å²) in [5.74, 6) is 1.61. The largest absolute Gasteiger partial charge is 0.497 e. The molecule has 0 bridgehead atoms. The summed E-state index contributed by atoms with van der Waals surface area (Å²) in [6, 6.07) is 8.02. The van der Waals surface area contributed by atoms with Crippen LogP contribution in [-0.4, -0.2) is 37.8 Å². The first-order chi connectivity index (χ1) is 11.6.